The van der Waals surface area contributed by atoms with Crippen molar-refractivity contribution in [3.05, 3.63) is 153 Å². The predicted octanol–water partition coefficient (Wildman–Crippen LogP) is 12.6. The molecule has 0 atom stereocenters. The second-order valence-corrected chi connectivity index (χ2v) is 17.5. The Balaban J connectivity index is 1.44. The molecular formula is C50H52N4O6. The topological polar surface area (TPSA) is 149 Å². The number of fused-ring (bicyclic) bond motifs is 8. The van der Waals surface area contributed by atoms with Gasteiger partial charge in [0.2, 0.25) is 0 Å². The van der Waals surface area contributed by atoms with E-state index in [1.165, 1.54) is 0 Å². The largest absolute Gasteiger partial charge is 0.507 e. The van der Waals surface area contributed by atoms with E-state index >= 15 is 0 Å². The molecule has 4 N–H and O–H groups in total. The molecule has 0 unspecified atom stereocenters. The van der Waals surface area contributed by atoms with Gasteiger partial charge in [0.1, 0.15) is 34.5 Å². The number of aromatic hydroxyl groups is 4. The Hall–Kier alpha value is -6.68. The number of phenols is 4. The van der Waals surface area contributed by atoms with Gasteiger partial charge in [-0.15, -0.1) is 0 Å². The molecule has 10 nitrogen and oxygen atoms in total. The minimum Gasteiger partial charge on any atom is -0.507 e. The summed E-state index contributed by atoms with van der Waals surface area (Å²) in [4.78, 5) is 0. The van der Waals surface area contributed by atoms with Gasteiger partial charge in [-0.2, -0.15) is 20.5 Å². The van der Waals surface area contributed by atoms with Crippen molar-refractivity contribution < 1.29 is 29.9 Å². The van der Waals surface area contributed by atoms with Crippen molar-refractivity contribution >= 4 is 22.7 Å². The average molecular weight is 805 g/mol. The Bertz CT molecular complexity index is 2340. The zero-order chi connectivity index (χ0) is 42.9. The fraction of sp³-hybridized carbons (Fsp3) is 0.280. The van der Waals surface area contributed by atoms with E-state index in [1.54, 1.807) is 38.5 Å². The molecule has 10 heteroatoms. The SMILES string of the molecule is COc1ccc(N=Nc2cc3c(O)c(c2)Cc2cc(C(C)(C)C)cc(c2O)Cc2cc(N=Nc4ccc(OC)cc4)cc(c2O)Cc2cc(C(C)(C)C)cc(c2O)C3)cc1. The lowest BCUT2D eigenvalue weighted by Gasteiger charge is -2.24. The summed E-state index contributed by atoms with van der Waals surface area (Å²) < 4.78 is 10.6. The monoisotopic (exact) mass is 804 g/mol. The summed E-state index contributed by atoms with van der Waals surface area (Å²) >= 11 is 0. The average Bonchev–Trinajstić information content (AvgIpc) is 3.21. The first-order valence-corrected chi connectivity index (χ1v) is 20.0. The van der Waals surface area contributed by atoms with Crippen LogP contribution >= 0.6 is 0 Å². The van der Waals surface area contributed by atoms with Crippen molar-refractivity contribution in [2.45, 2.75) is 78.1 Å². The first-order chi connectivity index (χ1) is 28.5. The van der Waals surface area contributed by atoms with Gasteiger partial charge in [0.05, 0.1) is 37.0 Å². The summed E-state index contributed by atoms with van der Waals surface area (Å²) in [6.07, 6.45) is 0.667. The molecule has 0 saturated carbocycles. The molecule has 7 rings (SSSR count). The highest BCUT2D eigenvalue weighted by Crippen LogP contribution is 2.43. The van der Waals surface area contributed by atoms with Crippen LogP contribution < -0.4 is 9.47 Å². The van der Waals surface area contributed by atoms with Crippen molar-refractivity contribution in [1.82, 2.24) is 0 Å². The van der Waals surface area contributed by atoms with Crippen LogP contribution in [0.1, 0.15) is 97.2 Å². The van der Waals surface area contributed by atoms with Crippen LogP contribution in [0.15, 0.2) is 118 Å². The number of nitrogens with zero attached hydrogens (tertiary/aromatic N) is 4. The van der Waals surface area contributed by atoms with Gasteiger partial charge in [0.15, 0.2) is 0 Å². The van der Waals surface area contributed by atoms with E-state index in [4.69, 9.17) is 9.47 Å². The molecule has 0 spiro atoms. The Labute approximate surface area is 351 Å². The normalized spacial score (nSPS) is 13.2. The first kappa shape index (κ1) is 41.5. The maximum absolute atomic E-state index is 12.1. The van der Waals surface area contributed by atoms with Gasteiger partial charge < -0.3 is 29.9 Å². The molecule has 0 heterocycles. The van der Waals surface area contributed by atoms with E-state index in [2.05, 4.69) is 62.0 Å². The predicted molar refractivity (Wildman–Crippen MR) is 235 cm³/mol. The lowest BCUT2D eigenvalue weighted by molar-refractivity contribution is 0.414. The van der Waals surface area contributed by atoms with Crippen molar-refractivity contribution in [2.75, 3.05) is 14.2 Å². The molecular weight excluding hydrogens is 753 g/mol. The molecule has 0 aromatic heterocycles. The first-order valence-electron chi connectivity index (χ1n) is 20.0. The molecule has 0 saturated heterocycles. The number of methoxy groups -OCH3 is 2. The number of azo groups is 2. The van der Waals surface area contributed by atoms with E-state index in [0.717, 1.165) is 11.1 Å². The van der Waals surface area contributed by atoms with E-state index < -0.39 is 0 Å². The van der Waals surface area contributed by atoms with Gasteiger partial charge in [-0.25, -0.2) is 0 Å². The molecule has 6 aromatic carbocycles. The van der Waals surface area contributed by atoms with Crippen LogP contribution in [0.4, 0.5) is 22.7 Å². The Morgan fingerprint density at radius 3 is 0.833 bits per heavy atom. The van der Waals surface area contributed by atoms with Gasteiger partial charge >= 0.3 is 0 Å². The molecule has 0 fully saturated rings. The Kier molecular flexibility index (Phi) is 11.4. The van der Waals surface area contributed by atoms with Gasteiger partial charge in [0.25, 0.3) is 0 Å². The summed E-state index contributed by atoms with van der Waals surface area (Å²) in [5, 5.41) is 66.4. The molecule has 60 heavy (non-hydrogen) atoms. The number of hydrogen-bond acceptors (Lipinski definition) is 10. The van der Waals surface area contributed by atoms with E-state index in [0.29, 0.717) is 78.8 Å². The number of rotatable bonds is 6. The molecule has 0 aliphatic heterocycles. The molecule has 6 aromatic rings. The third-order valence-electron chi connectivity index (χ3n) is 11.0. The summed E-state index contributed by atoms with van der Waals surface area (Å²) in [5.74, 6) is 1.62. The lowest BCUT2D eigenvalue weighted by Crippen LogP contribution is -2.13. The highest BCUT2D eigenvalue weighted by Gasteiger charge is 2.25. The van der Waals surface area contributed by atoms with E-state index in [-0.39, 0.29) is 59.5 Å². The standard InChI is InChI=1S/C50H52N4O6/c1-49(2,3)37-21-29-17-33-25-41(53-51-39-9-13-43(59-7)14-10-39)27-35(47(33)57)19-31-23-38(50(4,5)6)24-32(46(31)56)20-36-28-42(54-52-40-11-15-44(60-8)16-12-40)26-34(48(36)58)18-30(22-37)45(29)55/h9-16,21-28,55-58H,17-20H2,1-8H3. The van der Waals surface area contributed by atoms with Crippen LogP contribution in [0.25, 0.3) is 0 Å². The zero-order valence-electron chi connectivity index (χ0n) is 35.5. The Morgan fingerprint density at radius 1 is 0.367 bits per heavy atom. The highest BCUT2D eigenvalue weighted by molar-refractivity contribution is 5.62. The smallest absolute Gasteiger partial charge is 0.122 e. The number of hydrogen-bond donors (Lipinski definition) is 4. The van der Waals surface area contributed by atoms with Crippen molar-refractivity contribution in [3.63, 3.8) is 0 Å². The minimum absolute atomic E-state index is 0.0458. The molecule has 0 amide bonds. The number of ether oxygens (including phenoxy) is 2. The molecule has 8 bridgehead atoms. The van der Waals surface area contributed by atoms with E-state index in [1.807, 2.05) is 72.8 Å². The quantitative estimate of drug-likeness (QED) is 0.123. The Morgan fingerprint density at radius 2 is 0.600 bits per heavy atom. The van der Waals surface area contributed by atoms with Gasteiger partial charge in [-0.3, -0.25) is 0 Å². The number of phenolic OH excluding ortho intramolecular Hbond substituents is 4. The third-order valence-corrected chi connectivity index (χ3v) is 11.0. The summed E-state index contributed by atoms with van der Waals surface area (Å²) in [6.45, 7) is 12.6. The molecule has 308 valence electrons. The highest BCUT2D eigenvalue weighted by atomic mass is 16.5. The third kappa shape index (κ3) is 9.13. The fourth-order valence-corrected chi connectivity index (χ4v) is 7.41. The van der Waals surface area contributed by atoms with Gasteiger partial charge in [-0.1, -0.05) is 65.8 Å². The van der Waals surface area contributed by atoms with Crippen LogP contribution in [-0.4, -0.2) is 34.6 Å². The van der Waals surface area contributed by atoms with Crippen LogP contribution in [0, 0.1) is 0 Å². The van der Waals surface area contributed by atoms with Crippen molar-refractivity contribution in [2.24, 2.45) is 20.5 Å². The van der Waals surface area contributed by atoms with Gasteiger partial charge in [0, 0.05) is 47.9 Å². The van der Waals surface area contributed by atoms with Crippen LogP contribution in [0.3, 0.4) is 0 Å². The van der Waals surface area contributed by atoms with Crippen LogP contribution in [0.5, 0.6) is 34.5 Å². The molecule has 1 aliphatic rings. The minimum atomic E-state index is -0.299. The zero-order valence-corrected chi connectivity index (χ0v) is 35.5. The summed E-state index contributed by atoms with van der Waals surface area (Å²) in [6, 6.07) is 29.5. The second kappa shape index (κ2) is 16.5. The van der Waals surface area contributed by atoms with E-state index in [9.17, 15) is 20.4 Å². The number of benzene rings is 6. The molecule has 1 aliphatic carbocycles. The maximum atomic E-state index is 12.1. The summed E-state index contributed by atoms with van der Waals surface area (Å²) in [7, 11) is 3.21. The van der Waals surface area contributed by atoms with Crippen molar-refractivity contribution in [3.8, 4) is 34.5 Å². The van der Waals surface area contributed by atoms with Crippen LogP contribution in [-0.2, 0) is 36.5 Å². The fourth-order valence-electron chi connectivity index (χ4n) is 7.41. The lowest BCUT2D eigenvalue weighted by atomic mass is 9.81. The molecule has 0 radical (unpaired) electrons. The maximum Gasteiger partial charge on any atom is 0.122 e. The van der Waals surface area contributed by atoms with Gasteiger partial charge in [-0.05, 0) is 117 Å². The second-order valence-electron chi connectivity index (χ2n) is 17.5. The van der Waals surface area contributed by atoms with Crippen molar-refractivity contribution in [1.29, 1.82) is 0 Å². The van der Waals surface area contributed by atoms with Crippen LogP contribution in [0.2, 0.25) is 0 Å². The summed E-state index contributed by atoms with van der Waals surface area (Å²) in [5.41, 5.74) is 8.16.